The minimum atomic E-state index is -3.70. The summed E-state index contributed by atoms with van der Waals surface area (Å²) in [4.78, 5) is 0. The molecule has 1 aromatic rings. The Bertz CT molecular complexity index is 648. The van der Waals surface area contributed by atoms with Crippen molar-refractivity contribution in [3.05, 3.63) is 35.1 Å². The molecule has 5 nitrogen and oxygen atoms in total. The molecule has 0 atom stereocenters. The molecule has 0 aromatic heterocycles. The van der Waals surface area contributed by atoms with E-state index in [0.29, 0.717) is 0 Å². The van der Waals surface area contributed by atoms with Gasteiger partial charge in [-0.15, -0.1) is 0 Å². The molecule has 0 amide bonds. The van der Waals surface area contributed by atoms with Crippen LogP contribution < -0.4 is 4.72 Å². The van der Waals surface area contributed by atoms with Crippen LogP contribution in [-0.2, 0) is 15.8 Å². The molecule has 0 unspecified atom stereocenters. The largest absolute Gasteiger partial charge is 0.396 e. The number of hydrogen-bond acceptors (Lipinski definition) is 4. The quantitative estimate of drug-likeness (QED) is 0.816. The van der Waals surface area contributed by atoms with Crippen LogP contribution in [0.2, 0.25) is 0 Å². The fourth-order valence-corrected chi connectivity index (χ4v) is 3.10. The van der Waals surface area contributed by atoms with Crippen molar-refractivity contribution in [2.45, 2.75) is 18.6 Å². The van der Waals surface area contributed by atoms with Crippen molar-refractivity contribution in [3.63, 3.8) is 0 Å². The van der Waals surface area contributed by atoms with Gasteiger partial charge in [-0.2, -0.15) is 5.26 Å². The zero-order chi connectivity index (χ0) is 14.8. The molecule has 2 N–H and O–H groups in total. The Balaban J connectivity index is 2.06. The summed E-state index contributed by atoms with van der Waals surface area (Å²) in [5.74, 6) is -1.17. The lowest BCUT2D eigenvalue weighted by Gasteiger charge is -2.13. The highest BCUT2D eigenvalue weighted by molar-refractivity contribution is 7.88. The Morgan fingerprint density at radius 1 is 1.45 bits per heavy atom. The van der Waals surface area contributed by atoms with E-state index in [1.165, 1.54) is 12.1 Å². The van der Waals surface area contributed by atoms with Gasteiger partial charge in [0.15, 0.2) is 0 Å². The smallest absolute Gasteiger partial charge is 0.215 e. The summed E-state index contributed by atoms with van der Waals surface area (Å²) in [6.07, 6.45) is 1.56. The maximum Gasteiger partial charge on any atom is 0.215 e. The van der Waals surface area contributed by atoms with Crippen LogP contribution in [0, 0.1) is 22.6 Å². The van der Waals surface area contributed by atoms with E-state index in [1.807, 2.05) is 6.07 Å². The molecule has 0 saturated heterocycles. The fourth-order valence-electron chi connectivity index (χ4n) is 1.84. The Morgan fingerprint density at radius 2 is 2.15 bits per heavy atom. The summed E-state index contributed by atoms with van der Waals surface area (Å²) in [7, 11) is -3.70. The van der Waals surface area contributed by atoms with Gasteiger partial charge in [0.25, 0.3) is 0 Å². The van der Waals surface area contributed by atoms with E-state index in [9.17, 15) is 12.8 Å². The van der Waals surface area contributed by atoms with Crippen LogP contribution in [0.25, 0.3) is 0 Å². The van der Waals surface area contributed by atoms with Gasteiger partial charge < -0.3 is 5.11 Å². The van der Waals surface area contributed by atoms with Crippen molar-refractivity contribution in [1.82, 2.24) is 4.72 Å². The third kappa shape index (κ3) is 3.54. The Morgan fingerprint density at radius 3 is 2.70 bits per heavy atom. The van der Waals surface area contributed by atoms with Gasteiger partial charge in [-0.1, -0.05) is 0 Å². The number of nitrogens with zero attached hydrogens (tertiary/aromatic N) is 1. The Hall–Kier alpha value is -1.49. The third-order valence-electron chi connectivity index (χ3n) is 3.48. The van der Waals surface area contributed by atoms with Crippen LogP contribution >= 0.6 is 0 Å². The number of nitriles is 1. The van der Waals surface area contributed by atoms with Crippen LogP contribution in [0.1, 0.15) is 24.0 Å². The maximum absolute atomic E-state index is 13.5. The van der Waals surface area contributed by atoms with Gasteiger partial charge in [-0.3, -0.25) is 0 Å². The molecule has 0 heterocycles. The third-order valence-corrected chi connectivity index (χ3v) is 4.76. The fraction of sp³-hybridized carbons (Fsp3) is 0.462. The zero-order valence-corrected chi connectivity index (χ0v) is 11.6. The van der Waals surface area contributed by atoms with Crippen LogP contribution in [-0.4, -0.2) is 26.7 Å². The van der Waals surface area contributed by atoms with Crippen molar-refractivity contribution in [1.29, 1.82) is 5.26 Å². The van der Waals surface area contributed by atoms with Crippen molar-refractivity contribution in [2.75, 3.05) is 13.2 Å². The molecule has 0 radical (unpaired) electrons. The second-order valence-corrected chi connectivity index (χ2v) is 6.96. The molecule has 1 saturated carbocycles. The van der Waals surface area contributed by atoms with Gasteiger partial charge in [-0.25, -0.2) is 17.5 Å². The molecule has 2 rings (SSSR count). The number of halogens is 1. The number of benzene rings is 1. The molecule has 20 heavy (non-hydrogen) atoms. The normalized spacial score (nSPS) is 16.6. The first-order valence-corrected chi connectivity index (χ1v) is 7.82. The minimum absolute atomic E-state index is 0.0367. The molecule has 0 spiro atoms. The predicted octanol–water partition coefficient (Wildman–Crippen LogP) is 0.889. The standard InChI is InChI=1S/C13H15FN2O3S/c14-12-2-1-10(6-15)5-11(12)7-20(18,19)16-8-13(9-17)3-4-13/h1-2,5,16-17H,3-4,7-9H2. The highest BCUT2D eigenvalue weighted by atomic mass is 32.2. The van der Waals surface area contributed by atoms with Crippen molar-refractivity contribution < 1.29 is 17.9 Å². The Kier molecular flexibility index (Phi) is 4.09. The van der Waals surface area contributed by atoms with E-state index >= 15 is 0 Å². The molecule has 7 heteroatoms. The average Bonchev–Trinajstić information content (AvgIpc) is 3.20. The lowest BCUT2D eigenvalue weighted by atomic mass is 10.1. The van der Waals surface area contributed by atoms with E-state index in [2.05, 4.69) is 4.72 Å². The number of aliphatic hydroxyl groups is 1. The first kappa shape index (κ1) is 14.9. The summed E-state index contributed by atoms with van der Waals surface area (Å²) in [6.45, 7) is 0.0964. The van der Waals surface area contributed by atoms with Gasteiger partial charge in [0.2, 0.25) is 10.0 Å². The molecular weight excluding hydrogens is 283 g/mol. The molecule has 1 aromatic carbocycles. The van der Waals surface area contributed by atoms with Crippen LogP contribution in [0.15, 0.2) is 18.2 Å². The van der Waals surface area contributed by atoms with Crippen LogP contribution in [0.4, 0.5) is 4.39 Å². The van der Waals surface area contributed by atoms with Crippen LogP contribution in [0.3, 0.4) is 0 Å². The molecule has 1 aliphatic carbocycles. The molecule has 0 bridgehead atoms. The van der Waals surface area contributed by atoms with E-state index in [1.54, 1.807) is 0 Å². The maximum atomic E-state index is 13.5. The number of rotatable bonds is 6. The van der Waals surface area contributed by atoms with E-state index < -0.39 is 21.6 Å². The first-order valence-electron chi connectivity index (χ1n) is 6.16. The summed E-state index contributed by atoms with van der Waals surface area (Å²) in [6, 6.07) is 5.45. The summed E-state index contributed by atoms with van der Waals surface area (Å²) in [5.41, 5.74) is -0.170. The minimum Gasteiger partial charge on any atom is -0.396 e. The number of aliphatic hydroxyl groups excluding tert-OH is 1. The first-order chi connectivity index (χ1) is 9.40. The predicted molar refractivity (Wildman–Crippen MR) is 70.5 cm³/mol. The zero-order valence-electron chi connectivity index (χ0n) is 10.8. The second-order valence-electron chi connectivity index (χ2n) is 5.16. The Labute approximate surface area is 117 Å². The van der Waals surface area contributed by atoms with E-state index in [4.69, 9.17) is 10.4 Å². The lowest BCUT2D eigenvalue weighted by Crippen LogP contribution is -2.32. The van der Waals surface area contributed by atoms with Crippen LogP contribution in [0.5, 0.6) is 0 Å². The van der Waals surface area contributed by atoms with Crippen molar-refractivity contribution in [2.24, 2.45) is 5.41 Å². The molecule has 0 aliphatic heterocycles. The lowest BCUT2D eigenvalue weighted by molar-refractivity contribution is 0.213. The summed E-state index contributed by atoms with van der Waals surface area (Å²) < 4.78 is 39.7. The van der Waals surface area contributed by atoms with Gasteiger partial charge >= 0.3 is 0 Å². The highest BCUT2D eigenvalue weighted by Crippen LogP contribution is 2.44. The highest BCUT2D eigenvalue weighted by Gasteiger charge is 2.42. The van der Waals surface area contributed by atoms with E-state index in [-0.39, 0.29) is 29.7 Å². The number of nitrogens with one attached hydrogen (secondary N) is 1. The van der Waals surface area contributed by atoms with Gasteiger partial charge in [-0.05, 0) is 31.0 Å². The molecule has 1 fully saturated rings. The molecule has 1 aliphatic rings. The van der Waals surface area contributed by atoms with Crippen molar-refractivity contribution >= 4 is 10.0 Å². The van der Waals surface area contributed by atoms with E-state index in [0.717, 1.165) is 18.9 Å². The van der Waals surface area contributed by atoms with Gasteiger partial charge in [0.1, 0.15) is 5.82 Å². The topological polar surface area (TPSA) is 90.2 Å². The van der Waals surface area contributed by atoms with Gasteiger partial charge in [0, 0.05) is 24.1 Å². The van der Waals surface area contributed by atoms with Gasteiger partial charge in [0.05, 0.1) is 17.4 Å². The summed E-state index contributed by atoms with van der Waals surface area (Å²) >= 11 is 0. The second kappa shape index (κ2) is 5.48. The average molecular weight is 298 g/mol. The summed E-state index contributed by atoms with van der Waals surface area (Å²) in [5, 5.41) is 17.9. The SMILES string of the molecule is N#Cc1ccc(F)c(CS(=O)(=O)NCC2(CO)CC2)c1. The monoisotopic (exact) mass is 298 g/mol. The molecule has 108 valence electrons. The van der Waals surface area contributed by atoms with Crippen molar-refractivity contribution in [3.8, 4) is 6.07 Å². The molecular formula is C13H15FN2O3S. The number of sulfonamides is 1. The number of hydrogen-bond donors (Lipinski definition) is 2.